The lowest BCUT2D eigenvalue weighted by molar-refractivity contribution is 0.0518. The van der Waals surface area contributed by atoms with Gasteiger partial charge < -0.3 is 13.9 Å². The zero-order chi connectivity index (χ0) is 30.8. The summed E-state index contributed by atoms with van der Waals surface area (Å²) >= 11 is 0. The van der Waals surface area contributed by atoms with Gasteiger partial charge in [-0.05, 0) is 142 Å². The maximum absolute atomic E-state index is 12.0. The molecule has 0 amide bonds. The van der Waals surface area contributed by atoms with Crippen LogP contribution in [0.3, 0.4) is 0 Å². The van der Waals surface area contributed by atoms with Gasteiger partial charge in [0.1, 0.15) is 18.3 Å². The summed E-state index contributed by atoms with van der Waals surface area (Å²) in [5.41, 5.74) is 13.8. The Labute approximate surface area is 264 Å². The summed E-state index contributed by atoms with van der Waals surface area (Å²) < 4.78 is 9.23. The van der Waals surface area contributed by atoms with Crippen molar-refractivity contribution in [2.24, 2.45) is 0 Å². The minimum atomic E-state index is -0.321. The molecule has 4 aliphatic rings. The predicted molar refractivity (Wildman–Crippen MR) is 176 cm³/mol. The van der Waals surface area contributed by atoms with E-state index in [0.29, 0.717) is 18.0 Å². The quantitative estimate of drug-likeness (QED) is 0.172. The van der Waals surface area contributed by atoms with Gasteiger partial charge >= 0.3 is 5.97 Å². The highest BCUT2D eigenvalue weighted by atomic mass is 16.5. The molecule has 0 atom stereocenters. The maximum Gasteiger partial charge on any atom is 0.358 e. The Morgan fingerprint density at radius 3 is 1.89 bits per heavy atom. The first-order chi connectivity index (χ1) is 22.1. The van der Waals surface area contributed by atoms with E-state index in [1.165, 1.54) is 90.5 Å². The van der Waals surface area contributed by atoms with Gasteiger partial charge in [-0.2, -0.15) is 0 Å². The Bertz CT molecular complexity index is 1820. The Balaban J connectivity index is 0.000000146. The van der Waals surface area contributed by atoms with Gasteiger partial charge in [0.15, 0.2) is 12.0 Å². The average Bonchev–Trinajstić information content (AvgIpc) is 3.74. The largest absolute Gasteiger partial charge is 0.461 e. The summed E-state index contributed by atoms with van der Waals surface area (Å²) in [6, 6.07) is 13.4. The molecular formula is C38H40N4O3. The SMILES string of the molecule is CCOC(=O)c1ncn2c1CCc1cc(C3=CCCCC3)ccc1-2.O=Cc1ncn2c1CCc1cc(C3=CCCCC3)ccc1-2. The van der Waals surface area contributed by atoms with Gasteiger partial charge in [-0.3, -0.25) is 4.79 Å². The lowest BCUT2D eigenvalue weighted by atomic mass is 9.90. The van der Waals surface area contributed by atoms with E-state index in [0.717, 1.165) is 49.0 Å². The molecule has 0 saturated carbocycles. The molecule has 0 N–H and O–H groups in total. The van der Waals surface area contributed by atoms with Crippen LogP contribution >= 0.6 is 0 Å². The van der Waals surface area contributed by atoms with Gasteiger partial charge in [0.05, 0.1) is 29.4 Å². The number of esters is 1. The number of allylic oxidation sites excluding steroid dienone is 4. The van der Waals surface area contributed by atoms with Gasteiger partial charge in [-0.1, -0.05) is 24.3 Å². The third-order valence-corrected chi connectivity index (χ3v) is 9.61. The van der Waals surface area contributed by atoms with Crippen molar-refractivity contribution >= 4 is 23.4 Å². The summed E-state index contributed by atoms with van der Waals surface area (Å²) in [5, 5.41) is 0. The number of carbonyl (C=O) groups is 2. The molecule has 8 rings (SSSR count). The van der Waals surface area contributed by atoms with E-state index in [1.807, 2.05) is 11.5 Å². The molecule has 7 nitrogen and oxygen atoms in total. The number of imidazole rings is 2. The van der Waals surface area contributed by atoms with E-state index < -0.39 is 0 Å². The number of aldehydes is 1. The Hall–Kier alpha value is -4.52. The molecule has 4 aromatic rings. The van der Waals surface area contributed by atoms with Crippen LogP contribution in [0.4, 0.5) is 0 Å². The molecule has 0 radical (unpaired) electrons. The molecule has 2 aromatic heterocycles. The third-order valence-electron chi connectivity index (χ3n) is 9.61. The molecule has 45 heavy (non-hydrogen) atoms. The second kappa shape index (κ2) is 12.8. The summed E-state index contributed by atoms with van der Waals surface area (Å²) in [4.78, 5) is 31.6. The van der Waals surface area contributed by atoms with Gasteiger partial charge in [0.2, 0.25) is 0 Å². The number of ether oxygens (including phenoxy) is 1. The number of nitrogens with zero attached hydrogens (tertiary/aromatic N) is 4. The molecule has 0 fully saturated rings. The van der Waals surface area contributed by atoms with Gasteiger partial charge in [-0.15, -0.1) is 0 Å². The van der Waals surface area contributed by atoms with Crippen LogP contribution < -0.4 is 0 Å². The monoisotopic (exact) mass is 600 g/mol. The number of benzene rings is 2. The number of aryl methyl sites for hydroxylation is 2. The molecule has 7 heteroatoms. The van der Waals surface area contributed by atoms with Crippen LogP contribution in [0.2, 0.25) is 0 Å². The number of aromatic nitrogens is 4. The summed E-state index contributed by atoms with van der Waals surface area (Å²) in [5.74, 6) is -0.321. The van der Waals surface area contributed by atoms with E-state index in [9.17, 15) is 9.59 Å². The van der Waals surface area contributed by atoms with E-state index >= 15 is 0 Å². The predicted octanol–water partition coefficient (Wildman–Crippen LogP) is 7.85. The highest BCUT2D eigenvalue weighted by Gasteiger charge is 2.25. The second-order valence-electron chi connectivity index (χ2n) is 12.3. The first-order valence-electron chi connectivity index (χ1n) is 16.5. The van der Waals surface area contributed by atoms with Gasteiger partial charge in [-0.25, -0.2) is 14.8 Å². The number of hydrogen-bond donors (Lipinski definition) is 0. The molecule has 2 aliphatic heterocycles. The van der Waals surface area contributed by atoms with Gasteiger partial charge in [0, 0.05) is 0 Å². The van der Waals surface area contributed by atoms with E-state index in [2.05, 4.69) is 63.1 Å². The summed E-state index contributed by atoms with van der Waals surface area (Å²) in [7, 11) is 0. The smallest absolute Gasteiger partial charge is 0.358 e. The lowest BCUT2D eigenvalue weighted by Gasteiger charge is -2.21. The van der Waals surface area contributed by atoms with Crippen molar-refractivity contribution in [2.75, 3.05) is 6.61 Å². The summed E-state index contributed by atoms with van der Waals surface area (Å²) in [6.07, 6.45) is 22.8. The average molecular weight is 601 g/mol. The Kier molecular flexibility index (Phi) is 8.33. The van der Waals surface area contributed by atoms with Crippen molar-refractivity contribution in [1.82, 2.24) is 19.1 Å². The Morgan fingerprint density at radius 1 is 0.756 bits per heavy atom. The number of rotatable bonds is 5. The van der Waals surface area contributed by atoms with Crippen molar-refractivity contribution in [3.05, 3.63) is 106 Å². The fourth-order valence-electron chi connectivity index (χ4n) is 7.28. The zero-order valence-corrected chi connectivity index (χ0v) is 26.1. The zero-order valence-electron chi connectivity index (χ0n) is 26.1. The van der Waals surface area contributed by atoms with Crippen LogP contribution in [0.5, 0.6) is 0 Å². The van der Waals surface area contributed by atoms with Crippen LogP contribution in [0.1, 0.15) is 113 Å². The Morgan fingerprint density at radius 2 is 1.33 bits per heavy atom. The van der Waals surface area contributed by atoms with Crippen molar-refractivity contribution in [3.63, 3.8) is 0 Å². The molecule has 4 heterocycles. The van der Waals surface area contributed by atoms with E-state index in [4.69, 9.17) is 4.74 Å². The highest BCUT2D eigenvalue weighted by Crippen LogP contribution is 2.34. The summed E-state index contributed by atoms with van der Waals surface area (Å²) in [6.45, 7) is 2.19. The topological polar surface area (TPSA) is 79.0 Å². The number of fused-ring (bicyclic) bond motifs is 6. The molecule has 2 aromatic carbocycles. The van der Waals surface area contributed by atoms with Crippen molar-refractivity contribution in [1.29, 1.82) is 0 Å². The molecule has 0 saturated heterocycles. The fraction of sp³-hybridized carbons (Fsp3) is 0.368. The molecule has 0 bridgehead atoms. The first-order valence-corrected chi connectivity index (χ1v) is 16.5. The van der Waals surface area contributed by atoms with Crippen LogP contribution in [-0.4, -0.2) is 38.0 Å². The second-order valence-corrected chi connectivity index (χ2v) is 12.3. The van der Waals surface area contributed by atoms with E-state index in [-0.39, 0.29) is 5.97 Å². The molecule has 0 spiro atoms. The van der Waals surface area contributed by atoms with E-state index in [1.54, 1.807) is 12.7 Å². The van der Waals surface area contributed by atoms with Crippen LogP contribution in [0, 0.1) is 0 Å². The van der Waals surface area contributed by atoms with Gasteiger partial charge in [0.25, 0.3) is 0 Å². The molecular weight excluding hydrogens is 560 g/mol. The lowest BCUT2D eigenvalue weighted by Crippen LogP contribution is -2.15. The highest BCUT2D eigenvalue weighted by molar-refractivity contribution is 5.89. The first kappa shape index (κ1) is 29.2. The molecule has 230 valence electrons. The minimum Gasteiger partial charge on any atom is -0.461 e. The third kappa shape index (κ3) is 5.72. The van der Waals surface area contributed by atoms with Crippen molar-refractivity contribution in [2.45, 2.75) is 84.0 Å². The van der Waals surface area contributed by atoms with Crippen LogP contribution in [0.15, 0.2) is 61.2 Å². The number of hydrogen-bond acceptors (Lipinski definition) is 5. The van der Waals surface area contributed by atoms with Crippen LogP contribution in [0.25, 0.3) is 22.5 Å². The normalized spacial score (nSPS) is 16.5. The number of carbonyl (C=O) groups excluding carboxylic acids is 2. The molecule has 2 aliphatic carbocycles. The van der Waals surface area contributed by atoms with Crippen LogP contribution in [-0.2, 0) is 30.4 Å². The maximum atomic E-state index is 12.0. The fourth-order valence-corrected chi connectivity index (χ4v) is 7.28. The van der Waals surface area contributed by atoms with Crippen molar-refractivity contribution in [3.8, 4) is 11.4 Å². The van der Waals surface area contributed by atoms with Crippen molar-refractivity contribution < 1.29 is 14.3 Å². The molecule has 0 unspecified atom stereocenters. The standard InChI is InChI=1S/C20H22N2O2.C18H18N2O/c1-2-24-20(23)19-18-11-9-16-12-15(14-6-4-3-5-7-14)8-10-17(16)22(18)13-21-19;21-11-16-18-9-7-15-10-14(13-4-2-1-3-5-13)6-8-17(15)20(18)12-19-16/h6,8,10,12-13H,2-5,7,9,11H2,1H3;4,6,8,10-12H,1-3,5,7,9H2. The minimum absolute atomic E-state index is 0.321.